The second-order valence-corrected chi connectivity index (χ2v) is 7.67. The molecule has 1 amide bonds. The largest absolute Gasteiger partial charge is 0.348 e. The van der Waals surface area contributed by atoms with Crippen molar-refractivity contribution in [3.05, 3.63) is 64.7 Å². The van der Waals surface area contributed by atoms with Crippen LogP contribution in [0.15, 0.2) is 53.4 Å². The number of nitrogens with one attached hydrogen (secondary N) is 1. The van der Waals surface area contributed by atoms with Crippen LogP contribution in [0.25, 0.3) is 0 Å². The standard InChI is InChI=1S/C20H23ClN2OS/c1-25-17-9-10-19(21)18(12-17)20(24)22-16-8-5-11-23(14-16)13-15-6-3-2-4-7-15/h2-4,6-7,9-10,12,16H,5,8,11,13-14H2,1H3,(H,22,24). The highest BCUT2D eigenvalue weighted by atomic mass is 35.5. The highest BCUT2D eigenvalue weighted by Crippen LogP contribution is 2.23. The molecule has 2 aromatic rings. The van der Waals surface area contributed by atoms with Crippen molar-refractivity contribution in [1.29, 1.82) is 0 Å². The van der Waals surface area contributed by atoms with Gasteiger partial charge in [-0.05, 0) is 49.4 Å². The molecule has 1 aliphatic rings. The molecule has 2 aromatic carbocycles. The van der Waals surface area contributed by atoms with Crippen LogP contribution in [0.1, 0.15) is 28.8 Å². The maximum absolute atomic E-state index is 12.6. The fourth-order valence-electron chi connectivity index (χ4n) is 3.23. The van der Waals surface area contributed by atoms with Gasteiger partial charge in [-0.1, -0.05) is 41.9 Å². The molecule has 1 atom stereocenters. The third kappa shape index (κ3) is 5.00. The zero-order valence-electron chi connectivity index (χ0n) is 14.4. The SMILES string of the molecule is CSc1ccc(Cl)c(C(=O)NC2CCCN(Cc3ccccc3)C2)c1. The van der Waals surface area contributed by atoms with E-state index in [-0.39, 0.29) is 11.9 Å². The van der Waals surface area contributed by atoms with E-state index >= 15 is 0 Å². The number of amides is 1. The molecule has 1 saturated heterocycles. The fraction of sp³-hybridized carbons (Fsp3) is 0.350. The highest BCUT2D eigenvalue weighted by Gasteiger charge is 2.22. The maximum Gasteiger partial charge on any atom is 0.253 e. The number of benzene rings is 2. The van der Waals surface area contributed by atoms with Crippen LogP contribution in [0.2, 0.25) is 5.02 Å². The predicted octanol–water partition coefficient (Wildman–Crippen LogP) is 4.46. The van der Waals surface area contributed by atoms with Crippen LogP contribution < -0.4 is 5.32 Å². The second-order valence-electron chi connectivity index (χ2n) is 6.38. The predicted molar refractivity (Wildman–Crippen MR) is 105 cm³/mol. The lowest BCUT2D eigenvalue weighted by Gasteiger charge is -2.33. The Morgan fingerprint density at radius 2 is 2.08 bits per heavy atom. The Kier molecular flexibility index (Phi) is 6.40. The summed E-state index contributed by atoms with van der Waals surface area (Å²) in [4.78, 5) is 16.1. The molecule has 1 N–H and O–H groups in total. The van der Waals surface area contributed by atoms with Crippen LogP contribution >= 0.6 is 23.4 Å². The van der Waals surface area contributed by atoms with Crippen molar-refractivity contribution < 1.29 is 4.79 Å². The van der Waals surface area contributed by atoms with Gasteiger partial charge < -0.3 is 5.32 Å². The fourth-order valence-corrected chi connectivity index (χ4v) is 3.87. The molecule has 3 nitrogen and oxygen atoms in total. The molecule has 5 heteroatoms. The number of rotatable bonds is 5. The van der Waals surface area contributed by atoms with E-state index in [0.29, 0.717) is 10.6 Å². The van der Waals surface area contributed by atoms with E-state index in [0.717, 1.165) is 37.4 Å². The van der Waals surface area contributed by atoms with Crippen molar-refractivity contribution in [3.63, 3.8) is 0 Å². The molecule has 1 fully saturated rings. The highest BCUT2D eigenvalue weighted by molar-refractivity contribution is 7.98. The summed E-state index contributed by atoms with van der Waals surface area (Å²) in [6, 6.07) is 16.2. The summed E-state index contributed by atoms with van der Waals surface area (Å²) in [5.41, 5.74) is 1.87. The number of carbonyl (C=O) groups excluding carboxylic acids is 1. The normalized spacial score (nSPS) is 18.1. The van der Waals surface area contributed by atoms with E-state index in [2.05, 4.69) is 34.5 Å². The van der Waals surface area contributed by atoms with Gasteiger partial charge in [0.15, 0.2) is 0 Å². The summed E-state index contributed by atoms with van der Waals surface area (Å²) in [7, 11) is 0. The molecule has 0 radical (unpaired) electrons. The molecular formula is C20H23ClN2OS. The molecule has 0 aliphatic carbocycles. The van der Waals surface area contributed by atoms with Crippen LogP contribution in [0.5, 0.6) is 0 Å². The third-order valence-corrected chi connectivity index (χ3v) is 5.56. The van der Waals surface area contributed by atoms with E-state index in [1.54, 1.807) is 17.8 Å². The number of halogens is 1. The minimum Gasteiger partial charge on any atom is -0.348 e. The van der Waals surface area contributed by atoms with Crippen molar-refractivity contribution in [1.82, 2.24) is 10.2 Å². The number of hydrogen-bond acceptors (Lipinski definition) is 3. The summed E-state index contributed by atoms with van der Waals surface area (Å²) >= 11 is 7.83. The lowest BCUT2D eigenvalue weighted by atomic mass is 10.0. The first kappa shape index (κ1) is 18.3. The second kappa shape index (κ2) is 8.75. The van der Waals surface area contributed by atoms with Gasteiger partial charge in [-0.15, -0.1) is 11.8 Å². The molecule has 3 rings (SSSR count). The third-order valence-electron chi connectivity index (χ3n) is 4.51. The topological polar surface area (TPSA) is 32.3 Å². The lowest BCUT2D eigenvalue weighted by molar-refractivity contribution is 0.0900. The molecule has 1 heterocycles. The molecule has 1 unspecified atom stereocenters. The Morgan fingerprint density at radius 3 is 2.84 bits per heavy atom. The molecular weight excluding hydrogens is 352 g/mol. The van der Waals surface area contributed by atoms with Crippen LogP contribution in [0.3, 0.4) is 0 Å². The summed E-state index contributed by atoms with van der Waals surface area (Å²) in [6.07, 6.45) is 4.10. The Hall–Kier alpha value is -1.49. The van der Waals surface area contributed by atoms with Crippen LogP contribution in [-0.4, -0.2) is 36.2 Å². The monoisotopic (exact) mass is 374 g/mol. The van der Waals surface area contributed by atoms with Crippen LogP contribution in [0, 0.1) is 0 Å². The first-order valence-electron chi connectivity index (χ1n) is 8.56. The zero-order chi connectivity index (χ0) is 17.6. The van der Waals surface area contributed by atoms with Gasteiger partial charge in [0.05, 0.1) is 10.6 Å². The van der Waals surface area contributed by atoms with Gasteiger partial charge in [-0.25, -0.2) is 0 Å². The van der Waals surface area contributed by atoms with Gasteiger partial charge in [-0.3, -0.25) is 9.69 Å². The average Bonchev–Trinajstić information content (AvgIpc) is 2.63. The average molecular weight is 375 g/mol. The molecule has 0 saturated carbocycles. The van der Waals surface area contributed by atoms with Crippen molar-refractivity contribution >= 4 is 29.3 Å². The zero-order valence-corrected chi connectivity index (χ0v) is 15.9. The lowest BCUT2D eigenvalue weighted by Crippen LogP contribution is -2.47. The van der Waals surface area contributed by atoms with Gasteiger partial charge in [0.25, 0.3) is 5.91 Å². The number of piperidine rings is 1. The Balaban J connectivity index is 1.61. The molecule has 1 aliphatic heterocycles. The van der Waals surface area contributed by atoms with E-state index < -0.39 is 0 Å². The summed E-state index contributed by atoms with van der Waals surface area (Å²) in [5, 5.41) is 3.68. The molecule has 0 aromatic heterocycles. The smallest absolute Gasteiger partial charge is 0.253 e. The van der Waals surface area contributed by atoms with E-state index in [4.69, 9.17) is 11.6 Å². The number of likely N-dealkylation sites (tertiary alicyclic amines) is 1. The van der Waals surface area contributed by atoms with Gasteiger partial charge in [-0.2, -0.15) is 0 Å². The summed E-state index contributed by atoms with van der Waals surface area (Å²) in [6.45, 7) is 2.88. The van der Waals surface area contributed by atoms with Gasteiger partial charge in [0.1, 0.15) is 0 Å². The minimum absolute atomic E-state index is 0.0764. The van der Waals surface area contributed by atoms with Crippen LogP contribution in [0.4, 0.5) is 0 Å². The van der Waals surface area contributed by atoms with Gasteiger partial charge >= 0.3 is 0 Å². The molecule has 0 spiro atoms. The van der Waals surface area contributed by atoms with E-state index in [9.17, 15) is 4.79 Å². The first-order chi connectivity index (χ1) is 12.2. The Morgan fingerprint density at radius 1 is 1.28 bits per heavy atom. The van der Waals surface area contributed by atoms with Crippen molar-refractivity contribution in [2.24, 2.45) is 0 Å². The number of carbonyl (C=O) groups is 1. The number of hydrogen-bond donors (Lipinski definition) is 1. The minimum atomic E-state index is -0.0764. The Bertz CT molecular complexity index is 723. The van der Waals surface area contributed by atoms with Crippen molar-refractivity contribution in [2.75, 3.05) is 19.3 Å². The number of nitrogens with zero attached hydrogens (tertiary/aromatic N) is 1. The van der Waals surface area contributed by atoms with Crippen molar-refractivity contribution in [3.8, 4) is 0 Å². The first-order valence-corrected chi connectivity index (χ1v) is 10.2. The van der Waals surface area contributed by atoms with E-state index in [1.165, 1.54) is 5.56 Å². The molecule has 0 bridgehead atoms. The van der Waals surface area contributed by atoms with Gasteiger partial charge in [0, 0.05) is 24.0 Å². The van der Waals surface area contributed by atoms with E-state index in [1.807, 2.05) is 24.5 Å². The number of thioether (sulfide) groups is 1. The van der Waals surface area contributed by atoms with Crippen molar-refractivity contribution in [2.45, 2.75) is 30.3 Å². The summed E-state index contributed by atoms with van der Waals surface area (Å²) in [5.74, 6) is -0.0764. The van der Waals surface area contributed by atoms with Crippen LogP contribution in [-0.2, 0) is 6.54 Å². The van der Waals surface area contributed by atoms with Gasteiger partial charge in [0.2, 0.25) is 0 Å². The molecule has 25 heavy (non-hydrogen) atoms. The quantitative estimate of drug-likeness (QED) is 0.784. The summed E-state index contributed by atoms with van der Waals surface area (Å²) < 4.78 is 0. The Labute approximate surface area is 158 Å². The maximum atomic E-state index is 12.6. The molecule has 132 valence electrons.